The van der Waals surface area contributed by atoms with E-state index in [1.165, 1.54) is 0 Å². The number of nitrogens with one attached hydrogen (secondary N) is 1. The molecule has 0 aliphatic carbocycles. The van der Waals surface area contributed by atoms with Gasteiger partial charge in [-0.3, -0.25) is 9.59 Å². The Morgan fingerprint density at radius 1 is 1.21 bits per heavy atom. The van der Waals surface area contributed by atoms with Gasteiger partial charge in [0.25, 0.3) is 0 Å². The van der Waals surface area contributed by atoms with E-state index in [1.54, 1.807) is 17.9 Å². The molecule has 4 rings (SSSR count). The second-order valence-electron chi connectivity index (χ2n) is 6.53. The van der Waals surface area contributed by atoms with Crippen molar-refractivity contribution >= 4 is 39.1 Å². The number of nitrogens with zero attached hydrogens (tertiary/aromatic N) is 3. The predicted octanol–water partition coefficient (Wildman–Crippen LogP) is 3.80. The minimum atomic E-state index is -0.445. The smallest absolute Gasteiger partial charge is 0.229 e. The van der Waals surface area contributed by atoms with E-state index in [0.717, 1.165) is 10.2 Å². The van der Waals surface area contributed by atoms with Crippen LogP contribution in [-0.2, 0) is 9.59 Å². The summed E-state index contributed by atoms with van der Waals surface area (Å²) in [5.74, 6) is 0.122. The van der Waals surface area contributed by atoms with Gasteiger partial charge in [-0.25, -0.2) is 0 Å². The fraction of sp³-hybridized carbons (Fsp3) is 0.200. The lowest BCUT2D eigenvalue weighted by atomic mass is 10.1. The van der Waals surface area contributed by atoms with E-state index in [1.807, 2.05) is 42.5 Å². The highest BCUT2D eigenvalue weighted by Crippen LogP contribution is 2.32. The molecule has 3 aromatic rings. The fourth-order valence-corrected chi connectivity index (χ4v) is 3.72. The van der Waals surface area contributed by atoms with Gasteiger partial charge in [0.15, 0.2) is 0 Å². The molecule has 1 fully saturated rings. The van der Waals surface area contributed by atoms with Gasteiger partial charge in [0.2, 0.25) is 23.5 Å². The number of hydrogen-bond acceptors (Lipinski definition) is 5. The molecule has 7 nitrogen and oxygen atoms in total. The second-order valence-corrected chi connectivity index (χ2v) is 7.38. The van der Waals surface area contributed by atoms with Gasteiger partial charge in [0.1, 0.15) is 0 Å². The number of carbonyl (C=O) groups excluding carboxylic acids is 2. The molecule has 1 atom stereocenters. The zero-order chi connectivity index (χ0) is 19.7. The number of rotatable bonds is 4. The summed E-state index contributed by atoms with van der Waals surface area (Å²) in [5.41, 5.74) is 2.02. The molecular formula is C20H17BrN4O3. The summed E-state index contributed by atoms with van der Waals surface area (Å²) >= 11 is 3.46. The maximum Gasteiger partial charge on any atom is 0.229 e. The molecule has 2 amide bonds. The highest BCUT2D eigenvalue weighted by atomic mass is 79.9. The summed E-state index contributed by atoms with van der Waals surface area (Å²) in [6, 6.07) is 14.7. The van der Waals surface area contributed by atoms with Gasteiger partial charge in [0, 0.05) is 29.9 Å². The maximum absolute atomic E-state index is 12.8. The quantitative estimate of drug-likeness (QED) is 0.666. The monoisotopic (exact) mass is 440 g/mol. The summed E-state index contributed by atoms with van der Waals surface area (Å²) in [5, 5.41) is 6.84. The lowest BCUT2D eigenvalue weighted by Crippen LogP contribution is -2.28. The van der Waals surface area contributed by atoms with E-state index in [4.69, 9.17) is 4.52 Å². The largest absolute Gasteiger partial charge is 0.339 e. The van der Waals surface area contributed by atoms with E-state index < -0.39 is 5.92 Å². The predicted molar refractivity (Wildman–Crippen MR) is 108 cm³/mol. The SMILES string of the molecule is Cc1nc(-c2ccccc2NC(=O)C2CC(=O)N(c3ccccc3Br)C2)no1. The molecule has 1 N–H and O–H groups in total. The van der Waals surface area contributed by atoms with Crippen molar-refractivity contribution in [2.24, 2.45) is 5.92 Å². The number of aryl methyl sites for hydroxylation is 1. The number of anilines is 2. The Morgan fingerprint density at radius 2 is 1.96 bits per heavy atom. The molecule has 1 aliphatic rings. The molecule has 2 aromatic carbocycles. The first-order chi connectivity index (χ1) is 13.5. The Balaban J connectivity index is 1.53. The van der Waals surface area contributed by atoms with E-state index in [2.05, 4.69) is 31.4 Å². The first kappa shape index (κ1) is 18.4. The molecule has 1 unspecified atom stereocenters. The molecule has 142 valence electrons. The molecule has 28 heavy (non-hydrogen) atoms. The highest BCUT2D eigenvalue weighted by Gasteiger charge is 2.36. The molecular weight excluding hydrogens is 424 g/mol. The summed E-state index contributed by atoms with van der Waals surface area (Å²) < 4.78 is 5.86. The Hall–Kier alpha value is -3.00. The summed E-state index contributed by atoms with van der Waals surface area (Å²) in [6.45, 7) is 2.04. The lowest BCUT2D eigenvalue weighted by Gasteiger charge is -2.18. The van der Waals surface area contributed by atoms with Gasteiger partial charge < -0.3 is 14.7 Å². The van der Waals surface area contributed by atoms with Crippen molar-refractivity contribution in [3.63, 3.8) is 0 Å². The third-order valence-electron chi connectivity index (χ3n) is 4.59. The molecule has 0 bridgehead atoms. The van der Waals surface area contributed by atoms with Crippen LogP contribution in [0.3, 0.4) is 0 Å². The van der Waals surface area contributed by atoms with Crippen molar-refractivity contribution in [1.29, 1.82) is 0 Å². The second kappa shape index (κ2) is 7.55. The van der Waals surface area contributed by atoms with E-state index in [-0.39, 0.29) is 18.2 Å². The third-order valence-corrected chi connectivity index (χ3v) is 5.26. The highest BCUT2D eigenvalue weighted by molar-refractivity contribution is 9.10. The normalized spacial score (nSPS) is 16.4. The van der Waals surface area contributed by atoms with E-state index >= 15 is 0 Å². The van der Waals surface area contributed by atoms with E-state index in [9.17, 15) is 9.59 Å². The molecule has 0 saturated carbocycles. The van der Waals surface area contributed by atoms with Crippen LogP contribution < -0.4 is 10.2 Å². The number of halogens is 1. The van der Waals surface area contributed by atoms with Crippen molar-refractivity contribution < 1.29 is 14.1 Å². The van der Waals surface area contributed by atoms with Crippen LogP contribution in [0.25, 0.3) is 11.4 Å². The molecule has 8 heteroatoms. The zero-order valence-corrected chi connectivity index (χ0v) is 16.6. The van der Waals surface area contributed by atoms with Crippen LogP contribution in [0, 0.1) is 12.8 Å². The number of para-hydroxylation sites is 2. The number of benzene rings is 2. The van der Waals surface area contributed by atoms with Crippen LogP contribution in [0.2, 0.25) is 0 Å². The summed E-state index contributed by atoms with van der Waals surface area (Å²) in [4.78, 5) is 31.2. The minimum absolute atomic E-state index is 0.0749. The third kappa shape index (κ3) is 3.55. The Labute approximate surface area is 169 Å². The number of amides is 2. The van der Waals surface area contributed by atoms with Gasteiger partial charge in [-0.2, -0.15) is 4.98 Å². The van der Waals surface area contributed by atoms with Crippen LogP contribution in [0.4, 0.5) is 11.4 Å². The van der Waals surface area contributed by atoms with Crippen LogP contribution in [-0.4, -0.2) is 28.5 Å². The Kier molecular flexibility index (Phi) is 4.95. The topological polar surface area (TPSA) is 88.3 Å². The van der Waals surface area contributed by atoms with Crippen molar-refractivity contribution in [1.82, 2.24) is 10.1 Å². The minimum Gasteiger partial charge on any atom is -0.339 e. The van der Waals surface area contributed by atoms with Crippen molar-refractivity contribution in [2.45, 2.75) is 13.3 Å². The van der Waals surface area contributed by atoms with Crippen molar-refractivity contribution in [2.75, 3.05) is 16.8 Å². The standard InChI is InChI=1S/C20H17BrN4O3/c1-12-22-19(24-28-12)14-6-2-4-8-16(14)23-20(27)13-10-18(26)25(11-13)17-9-5-3-7-15(17)21/h2-9,13H,10-11H2,1H3,(H,23,27). The zero-order valence-electron chi connectivity index (χ0n) is 15.1. The summed E-state index contributed by atoms with van der Waals surface area (Å²) in [7, 11) is 0. The molecule has 0 spiro atoms. The number of hydrogen-bond donors (Lipinski definition) is 1. The molecule has 0 radical (unpaired) electrons. The van der Waals surface area contributed by atoms with Gasteiger partial charge in [-0.15, -0.1) is 0 Å². The average molecular weight is 441 g/mol. The molecule has 1 aromatic heterocycles. The van der Waals surface area contributed by atoms with Crippen LogP contribution in [0.1, 0.15) is 12.3 Å². The number of aromatic nitrogens is 2. The van der Waals surface area contributed by atoms with Crippen LogP contribution >= 0.6 is 15.9 Å². The molecule has 1 aliphatic heterocycles. The molecule has 2 heterocycles. The van der Waals surface area contributed by atoms with Crippen LogP contribution in [0.15, 0.2) is 57.5 Å². The first-order valence-electron chi connectivity index (χ1n) is 8.78. The van der Waals surface area contributed by atoms with Crippen molar-refractivity contribution in [3.8, 4) is 11.4 Å². The van der Waals surface area contributed by atoms with E-state index in [0.29, 0.717) is 29.5 Å². The molecule has 1 saturated heterocycles. The van der Waals surface area contributed by atoms with Crippen molar-refractivity contribution in [3.05, 3.63) is 58.9 Å². The average Bonchev–Trinajstić information content (AvgIpc) is 3.28. The summed E-state index contributed by atoms with van der Waals surface area (Å²) in [6.07, 6.45) is 0.163. The Morgan fingerprint density at radius 3 is 2.71 bits per heavy atom. The number of carbonyl (C=O) groups is 2. The van der Waals surface area contributed by atoms with Gasteiger partial charge in [-0.05, 0) is 40.2 Å². The van der Waals surface area contributed by atoms with Gasteiger partial charge in [0.05, 0.1) is 17.3 Å². The fourth-order valence-electron chi connectivity index (χ4n) is 3.22. The van der Waals surface area contributed by atoms with Gasteiger partial charge in [-0.1, -0.05) is 29.4 Å². The van der Waals surface area contributed by atoms with Gasteiger partial charge >= 0.3 is 0 Å². The Bertz CT molecular complexity index is 1050. The maximum atomic E-state index is 12.8. The lowest BCUT2D eigenvalue weighted by molar-refractivity contribution is -0.122. The van der Waals surface area contributed by atoms with Crippen LogP contribution in [0.5, 0.6) is 0 Å². The first-order valence-corrected chi connectivity index (χ1v) is 9.57.